The lowest BCUT2D eigenvalue weighted by molar-refractivity contribution is -0.0452. The second-order valence-electron chi connectivity index (χ2n) is 7.76. The molecule has 0 unspecified atom stereocenters. The molecule has 34 heavy (non-hydrogen) atoms. The standard InChI is InChI=1S/C20H18F5N3O4S2/c21-10-15-2-3-16(12-27-15)33(29,30)19(17-9-13(11-26)1-4-18(17)22)7-5-14(6-8-19)28-34(31,32)20(23,24)25/h1-4,9,12,14,28H,5-8,10H2. The van der Waals surface area contributed by atoms with Gasteiger partial charge in [0.25, 0.3) is 0 Å². The Morgan fingerprint density at radius 3 is 2.26 bits per heavy atom. The van der Waals surface area contributed by atoms with Crippen LogP contribution in [-0.4, -0.2) is 33.4 Å². The van der Waals surface area contributed by atoms with Crippen LogP contribution in [0, 0.1) is 17.1 Å². The van der Waals surface area contributed by atoms with Crippen molar-refractivity contribution in [1.29, 1.82) is 5.26 Å². The number of nitrogens with one attached hydrogen (secondary N) is 1. The first-order valence-corrected chi connectivity index (χ1v) is 12.8. The fourth-order valence-corrected chi connectivity index (χ4v) is 6.91. The van der Waals surface area contributed by atoms with Crippen LogP contribution in [0.25, 0.3) is 0 Å². The van der Waals surface area contributed by atoms with Crippen molar-refractivity contribution in [2.75, 3.05) is 0 Å². The minimum atomic E-state index is -5.68. The molecule has 0 spiro atoms. The van der Waals surface area contributed by atoms with Gasteiger partial charge in [0, 0.05) is 17.8 Å². The zero-order valence-corrected chi connectivity index (χ0v) is 18.9. The number of nitrogens with zero attached hydrogens (tertiary/aromatic N) is 2. The van der Waals surface area contributed by atoms with Crippen LogP contribution in [0.1, 0.15) is 42.5 Å². The molecule has 0 bridgehead atoms. The fourth-order valence-electron chi connectivity index (χ4n) is 3.99. The lowest BCUT2D eigenvalue weighted by Gasteiger charge is -2.40. The number of sulfonamides is 1. The maximum atomic E-state index is 14.9. The van der Waals surface area contributed by atoms with Crippen molar-refractivity contribution >= 4 is 19.9 Å². The van der Waals surface area contributed by atoms with Crippen LogP contribution < -0.4 is 4.72 Å². The van der Waals surface area contributed by atoms with Crippen LogP contribution in [0.3, 0.4) is 0 Å². The monoisotopic (exact) mass is 523 g/mol. The van der Waals surface area contributed by atoms with Gasteiger partial charge in [-0.25, -0.2) is 30.3 Å². The molecule has 0 aliphatic heterocycles. The van der Waals surface area contributed by atoms with Crippen molar-refractivity contribution in [3.05, 3.63) is 59.2 Å². The summed E-state index contributed by atoms with van der Waals surface area (Å²) in [5.41, 5.74) is -6.00. The van der Waals surface area contributed by atoms with Crippen LogP contribution in [0.2, 0.25) is 0 Å². The summed E-state index contributed by atoms with van der Waals surface area (Å²) in [6.07, 6.45) is -0.716. The largest absolute Gasteiger partial charge is 0.511 e. The average molecular weight is 524 g/mol. The number of aromatic nitrogens is 1. The predicted molar refractivity (Wildman–Crippen MR) is 109 cm³/mol. The molecule has 184 valence electrons. The van der Waals surface area contributed by atoms with Gasteiger partial charge < -0.3 is 0 Å². The zero-order chi connectivity index (χ0) is 25.4. The number of hydrogen-bond donors (Lipinski definition) is 1. The molecule has 14 heteroatoms. The summed E-state index contributed by atoms with van der Waals surface area (Å²) in [6, 6.07) is 5.85. The van der Waals surface area contributed by atoms with E-state index in [2.05, 4.69) is 4.98 Å². The first-order chi connectivity index (χ1) is 15.8. The van der Waals surface area contributed by atoms with Gasteiger partial charge in [0.15, 0.2) is 9.84 Å². The second-order valence-corrected chi connectivity index (χ2v) is 11.7. The lowest BCUT2D eigenvalue weighted by atomic mass is 9.80. The van der Waals surface area contributed by atoms with Crippen LogP contribution >= 0.6 is 0 Å². The minimum absolute atomic E-state index is 0.0447. The van der Waals surface area contributed by atoms with Crippen LogP contribution in [0.15, 0.2) is 41.4 Å². The molecule has 1 aliphatic rings. The molecular weight excluding hydrogens is 505 g/mol. The Labute approximate surface area is 192 Å². The van der Waals surface area contributed by atoms with Gasteiger partial charge in [-0.05, 0) is 56.0 Å². The molecule has 3 rings (SSSR count). The first-order valence-electron chi connectivity index (χ1n) is 9.81. The molecule has 2 aromatic rings. The van der Waals surface area contributed by atoms with E-state index in [1.807, 2.05) is 0 Å². The predicted octanol–water partition coefficient (Wildman–Crippen LogP) is 3.61. The number of nitriles is 1. The molecule has 1 fully saturated rings. The van der Waals surface area contributed by atoms with E-state index < -0.39 is 61.5 Å². The van der Waals surface area contributed by atoms with E-state index in [1.165, 1.54) is 4.72 Å². The Morgan fingerprint density at radius 2 is 1.76 bits per heavy atom. The Bertz CT molecular complexity index is 1310. The first kappa shape index (κ1) is 26.0. The Balaban J connectivity index is 2.08. The molecule has 0 amide bonds. The molecule has 0 saturated heterocycles. The summed E-state index contributed by atoms with van der Waals surface area (Å²) < 4.78 is 116. The fraction of sp³-hybridized carbons (Fsp3) is 0.400. The maximum absolute atomic E-state index is 14.9. The van der Waals surface area contributed by atoms with Crippen LogP contribution in [0.5, 0.6) is 0 Å². The second kappa shape index (κ2) is 9.20. The summed E-state index contributed by atoms with van der Waals surface area (Å²) in [5, 5.41) is 9.21. The number of halogens is 5. The van der Waals surface area contributed by atoms with Gasteiger partial charge in [0.2, 0.25) is 0 Å². The summed E-state index contributed by atoms with van der Waals surface area (Å²) in [6.45, 7) is -0.953. The Kier molecular flexibility index (Phi) is 7.03. The highest BCUT2D eigenvalue weighted by Crippen LogP contribution is 2.48. The van der Waals surface area contributed by atoms with Gasteiger partial charge in [0.1, 0.15) is 17.2 Å². The smallest absolute Gasteiger partial charge is 0.257 e. The third-order valence-corrected chi connectivity index (χ3v) is 9.54. The van der Waals surface area contributed by atoms with Gasteiger partial charge in [-0.2, -0.15) is 18.4 Å². The number of rotatable bonds is 6. The summed E-state index contributed by atoms with van der Waals surface area (Å²) in [5.74, 6) is -0.953. The molecular formula is C20H18F5N3O4S2. The van der Waals surface area contributed by atoms with Gasteiger partial charge >= 0.3 is 15.5 Å². The van der Waals surface area contributed by atoms with Crippen LogP contribution in [0.4, 0.5) is 22.0 Å². The number of hydrogen-bond acceptors (Lipinski definition) is 6. The van der Waals surface area contributed by atoms with Crippen molar-refractivity contribution in [3.8, 4) is 6.07 Å². The van der Waals surface area contributed by atoms with Gasteiger partial charge in [-0.1, -0.05) is 0 Å². The molecule has 0 atom stereocenters. The molecule has 1 heterocycles. The molecule has 1 aromatic carbocycles. The Morgan fingerprint density at radius 1 is 1.12 bits per heavy atom. The zero-order valence-electron chi connectivity index (χ0n) is 17.3. The molecule has 7 nitrogen and oxygen atoms in total. The average Bonchev–Trinajstić information content (AvgIpc) is 2.79. The van der Waals surface area contributed by atoms with E-state index in [0.29, 0.717) is 0 Å². The molecule has 1 saturated carbocycles. The van der Waals surface area contributed by atoms with E-state index in [-0.39, 0.29) is 34.6 Å². The number of pyridine rings is 1. The normalized spacial score (nSPS) is 21.7. The van der Waals surface area contributed by atoms with Crippen molar-refractivity contribution in [1.82, 2.24) is 9.71 Å². The number of alkyl halides is 4. The Hall–Kier alpha value is -2.63. The van der Waals surface area contributed by atoms with E-state index in [9.17, 15) is 44.0 Å². The summed E-state index contributed by atoms with van der Waals surface area (Å²) in [7, 11) is -10.2. The maximum Gasteiger partial charge on any atom is 0.511 e. The summed E-state index contributed by atoms with van der Waals surface area (Å²) >= 11 is 0. The third-order valence-electron chi connectivity index (χ3n) is 5.77. The topological polar surface area (TPSA) is 117 Å². The SMILES string of the molecule is N#Cc1ccc(F)c(C2(S(=O)(=O)c3ccc(CF)nc3)CCC(NS(=O)(=O)C(F)(F)F)CC2)c1. The van der Waals surface area contributed by atoms with E-state index in [4.69, 9.17) is 0 Å². The van der Waals surface area contributed by atoms with Crippen molar-refractivity contribution in [2.24, 2.45) is 0 Å². The molecule has 1 N–H and O–H groups in total. The van der Waals surface area contributed by atoms with Gasteiger partial charge in [-0.3, -0.25) is 4.98 Å². The highest BCUT2D eigenvalue weighted by molar-refractivity contribution is 7.92. The van der Waals surface area contributed by atoms with E-state index >= 15 is 0 Å². The van der Waals surface area contributed by atoms with Crippen molar-refractivity contribution in [3.63, 3.8) is 0 Å². The van der Waals surface area contributed by atoms with Crippen molar-refractivity contribution < 1.29 is 38.8 Å². The quantitative estimate of drug-likeness (QED) is 0.578. The lowest BCUT2D eigenvalue weighted by Crippen LogP contribution is -2.48. The van der Waals surface area contributed by atoms with Gasteiger partial charge in [-0.15, -0.1) is 0 Å². The van der Waals surface area contributed by atoms with Crippen molar-refractivity contribution in [2.45, 2.75) is 53.6 Å². The van der Waals surface area contributed by atoms with E-state index in [0.717, 1.165) is 36.5 Å². The minimum Gasteiger partial charge on any atom is -0.257 e. The highest BCUT2D eigenvalue weighted by Gasteiger charge is 2.52. The third kappa shape index (κ3) is 4.64. The van der Waals surface area contributed by atoms with E-state index in [1.54, 1.807) is 6.07 Å². The number of sulfone groups is 1. The summed E-state index contributed by atoms with van der Waals surface area (Å²) in [4.78, 5) is 3.34. The van der Waals surface area contributed by atoms with Gasteiger partial charge in [0.05, 0.1) is 22.2 Å². The number of benzene rings is 1. The molecule has 1 aromatic heterocycles. The molecule has 0 radical (unpaired) electrons. The highest BCUT2D eigenvalue weighted by atomic mass is 32.2. The van der Waals surface area contributed by atoms with Crippen LogP contribution in [-0.2, 0) is 31.3 Å². The molecule has 1 aliphatic carbocycles.